The Labute approximate surface area is 296 Å². The number of hydrogen-bond acceptors (Lipinski definition) is 8. The van der Waals surface area contributed by atoms with Crippen LogP contribution in [0, 0.1) is 11.2 Å². The largest absolute Gasteiger partial charge is 0.494 e. The second-order valence-electron chi connectivity index (χ2n) is 10.7. The summed E-state index contributed by atoms with van der Waals surface area (Å²) in [6, 6.07) is 16.1. The van der Waals surface area contributed by atoms with Gasteiger partial charge in [0.1, 0.15) is 23.5 Å². The summed E-state index contributed by atoms with van der Waals surface area (Å²) in [5.41, 5.74) is 14.2. The lowest BCUT2D eigenvalue weighted by Gasteiger charge is -2.22. The molecule has 0 fully saturated rings. The van der Waals surface area contributed by atoms with E-state index in [4.69, 9.17) is 46.2 Å². The molecule has 20 heteroatoms. The van der Waals surface area contributed by atoms with E-state index in [2.05, 4.69) is 15.3 Å². The molecule has 0 bridgehead atoms. The van der Waals surface area contributed by atoms with Gasteiger partial charge in [-0.05, 0) is 63.2 Å². The average molecular weight is 759 g/mol. The number of aromatic amines is 1. The molecule has 0 aliphatic carbocycles. The summed E-state index contributed by atoms with van der Waals surface area (Å²) < 4.78 is 90.9. The number of aromatic nitrogens is 2. The summed E-state index contributed by atoms with van der Waals surface area (Å²) in [5.74, 6) is -5.75. The lowest BCUT2D eigenvalue weighted by molar-refractivity contribution is -0.193. The number of amides is 1. The Morgan fingerprint density at radius 1 is 0.925 bits per heavy atom. The lowest BCUT2D eigenvalue weighted by Crippen LogP contribution is -2.21. The maximum atomic E-state index is 16.0. The minimum atomic E-state index is -5.08. The second-order valence-corrected chi connectivity index (χ2v) is 10.7. The Hall–Kier alpha value is -6.34. The number of halogens is 7. The SMILES string of the molecule is CCOc1cc(OC(C)C)c(F)c(C(Nc2ccc(C(=N)N)cc2)c2ncc(-c3cccc(C(N)=O)c3)[nH]2)c1.O=C(O)C(F)(F)F.O=C(O)C(F)(F)F. The maximum absolute atomic E-state index is 16.0. The number of nitrogen functional groups attached to an aromatic ring is 1. The Bertz CT molecular complexity index is 1870. The van der Waals surface area contributed by atoms with Crippen LogP contribution in [0.5, 0.6) is 11.5 Å². The number of carboxylic acids is 2. The number of nitrogens with one attached hydrogen (secondary N) is 3. The predicted octanol–water partition coefficient (Wildman–Crippen LogP) is 6.25. The number of rotatable bonds is 11. The van der Waals surface area contributed by atoms with Crippen LogP contribution >= 0.6 is 0 Å². The minimum absolute atomic E-state index is 0.0575. The maximum Gasteiger partial charge on any atom is 0.490 e. The summed E-state index contributed by atoms with van der Waals surface area (Å²) in [6.45, 7) is 5.87. The van der Waals surface area contributed by atoms with Crippen LogP contribution in [-0.4, -0.2) is 68.9 Å². The van der Waals surface area contributed by atoms with E-state index in [1.807, 2.05) is 26.8 Å². The third kappa shape index (κ3) is 13.1. The molecule has 1 aromatic heterocycles. The van der Waals surface area contributed by atoms with Crippen molar-refractivity contribution in [1.29, 1.82) is 5.41 Å². The first kappa shape index (κ1) is 42.8. The van der Waals surface area contributed by atoms with Gasteiger partial charge in [0, 0.05) is 34.0 Å². The molecule has 9 N–H and O–H groups in total. The summed E-state index contributed by atoms with van der Waals surface area (Å²) in [5, 5.41) is 25.2. The Morgan fingerprint density at radius 3 is 1.96 bits per heavy atom. The van der Waals surface area contributed by atoms with Crippen LogP contribution < -0.4 is 26.3 Å². The second kappa shape index (κ2) is 18.2. The van der Waals surface area contributed by atoms with Crippen molar-refractivity contribution in [2.75, 3.05) is 11.9 Å². The fraction of sp³-hybridized carbons (Fsp3) is 0.242. The van der Waals surface area contributed by atoms with Gasteiger partial charge in [-0.25, -0.2) is 19.0 Å². The number of nitrogens with zero attached hydrogens (tertiary/aromatic N) is 1. The molecule has 0 aliphatic heterocycles. The normalized spacial score (nSPS) is 11.6. The zero-order chi connectivity index (χ0) is 40.3. The van der Waals surface area contributed by atoms with E-state index in [0.29, 0.717) is 46.3 Å². The van der Waals surface area contributed by atoms with Gasteiger partial charge in [-0.15, -0.1) is 0 Å². The first-order valence-electron chi connectivity index (χ1n) is 14.9. The number of benzene rings is 3. The lowest BCUT2D eigenvalue weighted by atomic mass is 10.0. The Morgan fingerprint density at radius 2 is 1.49 bits per heavy atom. The van der Waals surface area contributed by atoms with Crippen molar-refractivity contribution < 1.29 is 64.8 Å². The van der Waals surface area contributed by atoms with Crippen molar-refractivity contribution in [3.8, 4) is 22.8 Å². The monoisotopic (exact) mass is 758 g/mol. The predicted molar refractivity (Wildman–Crippen MR) is 176 cm³/mol. The molecule has 4 rings (SSSR count). The van der Waals surface area contributed by atoms with E-state index in [-0.39, 0.29) is 23.3 Å². The number of anilines is 1. The van der Waals surface area contributed by atoms with Gasteiger partial charge in [-0.3, -0.25) is 10.2 Å². The average Bonchev–Trinajstić information content (AvgIpc) is 3.55. The van der Waals surface area contributed by atoms with Crippen LogP contribution in [0.15, 0.2) is 66.9 Å². The zero-order valence-electron chi connectivity index (χ0n) is 27.9. The van der Waals surface area contributed by atoms with E-state index in [1.165, 1.54) is 6.07 Å². The van der Waals surface area contributed by atoms with Gasteiger partial charge in [0.15, 0.2) is 11.6 Å². The minimum Gasteiger partial charge on any atom is -0.494 e. The van der Waals surface area contributed by atoms with Crippen molar-refractivity contribution in [2.45, 2.75) is 45.3 Å². The van der Waals surface area contributed by atoms with Crippen molar-refractivity contribution >= 4 is 29.4 Å². The number of hydrogen-bond donors (Lipinski definition) is 7. The highest BCUT2D eigenvalue weighted by Gasteiger charge is 2.39. The molecule has 1 unspecified atom stereocenters. The quantitative estimate of drug-likeness (QED) is 0.0517. The Balaban J connectivity index is 0.000000587. The summed E-state index contributed by atoms with van der Waals surface area (Å²) in [4.78, 5) is 37.3. The number of nitrogens with two attached hydrogens (primary N) is 2. The molecule has 286 valence electrons. The van der Waals surface area contributed by atoms with E-state index < -0.39 is 42.1 Å². The molecule has 1 heterocycles. The number of carboxylic acid groups (broad SMARTS) is 2. The van der Waals surface area contributed by atoms with Gasteiger partial charge in [0.25, 0.3) is 0 Å². The van der Waals surface area contributed by atoms with Gasteiger partial charge in [0.2, 0.25) is 5.91 Å². The molecule has 4 aromatic rings. The zero-order valence-corrected chi connectivity index (χ0v) is 27.9. The smallest absolute Gasteiger partial charge is 0.490 e. The van der Waals surface area contributed by atoms with Crippen LogP contribution in [0.2, 0.25) is 0 Å². The fourth-order valence-corrected chi connectivity index (χ4v) is 4.07. The van der Waals surface area contributed by atoms with Crippen LogP contribution in [0.4, 0.5) is 36.4 Å². The summed E-state index contributed by atoms with van der Waals surface area (Å²) in [7, 11) is 0. The first-order chi connectivity index (χ1) is 24.5. The van der Waals surface area contributed by atoms with Gasteiger partial charge in [0.05, 0.1) is 24.6 Å². The first-order valence-corrected chi connectivity index (χ1v) is 14.9. The molecular formula is C33H33F7N6O7. The topological polar surface area (TPSA) is 227 Å². The molecule has 0 spiro atoms. The third-order valence-corrected chi connectivity index (χ3v) is 6.34. The summed E-state index contributed by atoms with van der Waals surface area (Å²) in [6.07, 6.45) is -8.82. The highest BCUT2D eigenvalue weighted by atomic mass is 19.4. The van der Waals surface area contributed by atoms with Crippen LogP contribution in [0.25, 0.3) is 11.3 Å². The highest BCUT2D eigenvalue weighted by Crippen LogP contribution is 2.36. The van der Waals surface area contributed by atoms with E-state index >= 15 is 4.39 Å². The number of imidazole rings is 1. The van der Waals surface area contributed by atoms with Gasteiger partial charge >= 0.3 is 24.3 Å². The molecule has 3 aromatic carbocycles. The molecule has 0 aliphatic rings. The van der Waals surface area contributed by atoms with Crippen molar-refractivity contribution in [3.63, 3.8) is 0 Å². The number of carbonyl (C=O) groups is 3. The number of amidine groups is 1. The molecule has 1 atom stereocenters. The molecule has 0 saturated heterocycles. The molecule has 0 saturated carbocycles. The third-order valence-electron chi connectivity index (χ3n) is 6.34. The number of aliphatic carboxylic acids is 2. The van der Waals surface area contributed by atoms with Crippen LogP contribution in [0.1, 0.15) is 54.1 Å². The molecule has 53 heavy (non-hydrogen) atoms. The molecule has 13 nitrogen and oxygen atoms in total. The van der Waals surface area contributed by atoms with Crippen LogP contribution in [0.3, 0.4) is 0 Å². The summed E-state index contributed by atoms with van der Waals surface area (Å²) >= 11 is 0. The fourth-order valence-electron chi connectivity index (χ4n) is 4.07. The van der Waals surface area contributed by atoms with E-state index in [9.17, 15) is 31.1 Å². The van der Waals surface area contributed by atoms with Gasteiger partial charge in [-0.1, -0.05) is 12.1 Å². The van der Waals surface area contributed by atoms with E-state index in [1.54, 1.807) is 54.7 Å². The number of alkyl halides is 6. The number of ether oxygens (including phenoxy) is 2. The van der Waals surface area contributed by atoms with Crippen LogP contribution in [-0.2, 0) is 9.59 Å². The van der Waals surface area contributed by atoms with E-state index in [0.717, 1.165) is 0 Å². The molecule has 1 amide bonds. The standard InChI is InChI=1S/C29H31FN6O3.2C2HF3O2/c1-4-38-21-13-22(25(30)24(14-21)39-16(2)3)26(35-20-10-8-17(9-11-20)27(31)32)29-34-15-23(36-29)18-6-5-7-19(12-18)28(33)37;2*3-2(4,5)1(6)7/h5-16,26,35H,4H2,1-3H3,(H3,31,32)(H2,33,37)(H,34,36);2*(H,6,7). The molecule has 0 radical (unpaired) electrons. The molecular weight excluding hydrogens is 725 g/mol. The van der Waals surface area contributed by atoms with Crippen molar-refractivity contribution in [3.05, 3.63) is 95.2 Å². The van der Waals surface area contributed by atoms with Gasteiger partial charge in [-0.2, -0.15) is 26.3 Å². The highest BCUT2D eigenvalue weighted by molar-refractivity contribution is 5.95. The number of carbonyl (C=O) groups excluding carboxylic acids is 1. The number of H-pyrrole nitrogens is 1. The van der Waals surface area contributed by atoms with Crippen molar-refractivity contribution in [2.24, 2.45) is 11.5 Å². The van der Waals surface area contributed by atoms with Gasteiger partial charge < -0.3 is 41.5 Å². The number of primary amides is 1. The Kier molecular flexibility index (Phi) is 14.7. The van der Waals surface area contributed by atoms with Crippen molar-refractivity contribution in [1.82, 2.24) is 9.97 Å².